The van der Waals surface area contributed by atoms with Gasteiger partial charge in [0.15, 0.2) is 6.29 Å². The second-order valence-electron chi connectivity index (χ2n) is 5.02. The van der Waals surface area contributed by atoms with Crippen LogP contribution >= 0.6 is 0 Å². The van der Waals surface area contributed by atoms with E-state index in [9.17, 15) is 5.11 Å². The maximum atomic E-state index is 9.94. The number of aliphatic hydroxyl groups excluding tert-OH is 1. The molecule has 4 unspecified atom stereocenters. The summed E-state index contributed by atoms with van der Waals surface area (Å²) in [6.45, 7) is 7.61. The van der Waals surface area contributed by atoms with Crippen LogP contribution in [0.3, 0.4) is 0 Å². The predicted molar refractivity (Wildman–Crippen MR) is 70.5 cm³/mol. The third kappa shape index (κ3) is 5.22. The van der Waals surface area contributed by atoms with Crippen LogP contribution in [0.25, 0.3) is 0 Å². The van der Waals surface area contributed by atoms with Gasteiger partial charge in [-0.3, -0.25) is 0 Å². The van der Waals surface area contributed by atoms with Crippen LogP contribution in [0.5, 0.6) is 0 Å². The molecule has 4 heteroatoms. The first-order chi connectivity index (χ1) is 8.69. The minimum Gasteiger partial charge on any atom is -0.375 e. The lowest BCUT2D eigenvalue weighted by Gasteiger charge is -2.38. The van der Waals surface area contributed by atoms with Crippen molar-refractivity contribution in [1.82, 2.24) is 0 Å². The minimum absolute atomic E-state index is 0.0256. The molecular formula is C14H28O4. The molecule has 0 amide bonds. The van der Waals surface area contributed by atoms with Gasteiger partial charge < -0.3 is 19.3 Å². The summed E-state index contributed by atoms with van der Waals surface area (Å²) in [4.78, 5) is 0. The number of rotatable bonds is 8. The Morgan fingerprint density at radius 1 is 1.11 bits per heavy atom. The standard InChI is InChI=1S/C14H28O4/c1-4-6-8-16-12-10-11(3)18-14(15)13(12)17-9-7-5-2/h11-15H,4-10H2,1-3H3. The summed E-state index contributed by atoms with van der Waals surface area (Å²) in [6, 6.07) is 0. The molecule has 108 valence electrons. The predicted octanol–water partition coefficient (Wildman–Crippen LogP) is 2.48. The van der Waals surface area contributed by atoms with Crippen molar-refractivity contribution in [3.05, 3.63) is 0 Å². The maximum absolute atomic E-state index is 9.94. The van der Waals surface area contributed by atoms with E-state index in [0.29, 0.717) is 6.61 Å². The molecule has 0 aromatic rings. The molecule has 18 heavy (non-hydrogen) atoms. The summed E-state index contributed by atoms with van der Waals surface area (Å²) < 4.78 is 17.0. The first-order valence-corrected chi connectivity index (χ1v) is 7.25. The molecule has 0 radical (unpaired) electrons. The highest BCUT2D eigenvalue weighted by molar-refractivity contribution is 4.81. The van der Waals surface area contributed by atoms with E-state index in [4.69, 9.17) is 14.2 Å². The van der Waals surface area contributed by atoms with Crippen LogP contribution in [-0.2, 0) is 14.2 Å². The Labute approximate surface area is 111 Å². The number of hydrogen-bond donors (Lipinski definition) is 1. The van der Waals surface area contributed by atoms with Gasteiger partial charge in [-0.05, 0) is 19.8 Å². The van der Waals surface area contributed by atoms with E-state index in [1.807, 2.05) is 6.92 Å². The van der Waals surface area contributed by atoms with E-state index in [1.54, 1.807) is 0 Å². The normalized spacial score (nSPS) is 32.7. The molecule has 0 spiro atoms. The summed E-state index contributed by atoms with van der Waals surface area (Å²) in [6.07, 6.45) is 3.80. The summed E-state index contributed by atoms with van der Waals surface area (Å²) in [5.74, 6) is 0. The van der Waals surface area contributed by atoms with E-state index in [1.165, 1.54) is 0 Å². The number of unbranched alkanes of at least 4 members (excludes halogenated alkanes) is 2. The van der Waals surface area contributed by atoms with Crippen LogP contribution < -0.4 is 0 Å². The van der Waals surface area contributed by atoms with Gasteiger partial charge in [-0.1, -0.05) is 26.7 Å². The van der Waals surface area contributed by atoms with Gasteiger partial charge in [0.2, 0.25) is 0 Å². The molecule has 1 aliphatic rings. The molecule has 1 aliphatic heterocycles. The molecule has 1 fully saturated rings. The lowest BCUT2D eigenvalue weighted by Crippen LogP contribution is -2.50. The van der Waals surface area contributed by atoms with E-state index in [0.717, 1.165) is 38.7 Å². The van der Waals surface area contributed by atoms with E-state index in [-0.39, 0.29) is 18.3 Å². The Balaban J connectivity index is 2.43. The molecule has 0 saturated carbocycles. The van der Waals surface area contributed by atoms with Gasteiger partial charge in [-0.2, -0.15) is 0 Å². The van der Waals surface area contributed by atoms with Gasteiger partial charge in [0.25, 0.3) is 0 Å². The molecule has 4 nitrogen and oxygen atoms in total. The molecule has 1 rings (SSSR count). The summed E-state index contributed by atoms with van der Waals surface area (Å²) >= 11 is 0. The Morgan fingerprint density at radius 3 is 2.33 bits per heavy atom. The fourth-order valence-corrected chi connectivity index (χ4v) is 2.11. The van der Waals surface area contributed by atoms with Gasteiger partial charge in [-0.25, -0.2) is 0 Å². The maximum Gasteiger partial charge on any atom is 0.183 e. The molecule has 1 saturated heterocycles. The fraction of sp³-hybridized carbons (Fsp3) is 1.00. The highest BCUT2D eigenvalue weighted by Gasteiger charge is 2.37. The molecule has 0 aromatic carbocycles. The molecule has 0 aromatic heterocycles. The zero-order valence-corrected chi connectivity index (χ0v) is 11.9. The van der Waals surface area contributed by atoms with Crippen LogP contribution in [0.2, 0.25) is 0 Å². The number of aliphatic hydroxyl groups is 1. The highest BCUT2D eigenvalue weighted by Crippen LogP contribution is 2.24. The van der Waals surface area contributed by atoms with Gasteiger partial charge in [-0.15, -0.1) is 0 Å². The quantitative estimate of drug-likeness (QED) is 0.681. The molecular weight excluding hydrogens is 232 g/mol. The molecule has 4 atom stereocenters. The van der Waals surface area contributed by atoms with Crippen molar-refractivity contribution < 1.29 is 19.3 Å². The Kier molecular flexibility index (Phi) is 7.82. The van der Waals surface area contributed by atoms with Crippen molar-refractivity contribution in [2.45, 2.75) is 77.5 Å². The van der Waals surface area contributed by atoms with E-state index in [2.05, 4.69) is 13.8 Å². The van der Waals surface area contributed by atoms with Crippen molar-refractivity contribution in [2.75, 3.05) is 13.2 Å². The van der Waals surface area contributed by atoms with Crippen LogP contribution in [0.4, 0.5) is 0 Å². The minimum atomic E-state index is -0.864. The Hall–Kier alpha value is -0.160. The largest absolute Gasteiger partial charge is 0.375 e. The number of hydrogen-bond acceptors (Lipinski definition) is 4. The topological polar surface area (TPSA) is 47.9 Å². The van der Waals surface area contributed by atoms with Crippen molar-refractivity contribution >= 4 is 0 Å². The molecule has 1 N–H and O–H groups in total. The summed E-state index contributed by atoms with van der Waals surface area (Å²) in [7, 11) is 0. The lowest BCUT2D eigenvalue weighted by molar-refractivity contribution is -0.264. The molecule has 0 bridgehead atoms. The van der Waals surface area contributed by atoms with Gasteiger partial charge >= 0.3 is 0 Å². The van der Waals surface area contributed by atoms with Crippen molar-refractivity contribution in [1.29, 1.82) is 0 Å². The van der Waals surface area contributed by atoms with Crippen molar-refractivity contribution in [2.24, 2.45) is 0 Å². The average Bonchev–Trinajstić information content (AvgIpc) is 2.32. The first-order valence-electron chi connectivity index (χ1n) is 7.25. The van der Waals surface area contributed by atoms with Crippen molar-refractivity contribution in [3.8, 4) is 0 Å². The Bertz CT molecular complexity index is 210. The average molecular weight is 260 g/mol. The van der Waals surface area contributed by atoms with Crippen LogP contribution in [0, 0.1) is 0 Å². The first kappa shape index (κ1) is 15.9. The van der Waals surface area contributed by atoms with E-state index >= 15 is 0 Å². The summed E-state index contributed by atoms with van der Waals surface area (Å²) in [5, 5.41) is 9.94. The number of ether oxygens (including phenoxy) is 3. The van der Waals surface area contributed by atoms with Gasteiger partial charge in [0.05, 0.1) is 12.2 Å². The zero-order valence-electron chi connectivity index (χ0n) is 11.9. The fourth-order valence-electron chi connectivity index (χ4n) is 2.11. The monoisotopic (exact) mass is 260 g/mol. The second kappa shape index (κ2) is 8.86. The zero-order chi connectivity index (χ0) is 13.4. The van der Waals surface area contributed by atoms with Crippen LogP contribution in [0.1, 0.15) is 52.9 Å². The third-order valence-electron chi connectivity index (χ3n) is 3.22. The van der Waals surface area contributed by atoms with Gasteiger partial charge in [0, 0.05) is 19.6 Å². The van der Waals surface area contributed by atoms with E-state index < -0.39 is 6.29 Å². The Morgan fingerprint density at radius 2 is 1.72 bits per heavy atom. The SMILES string of the molecule is CCCCOC1CC(C)OC(O)C1OCCCC. The van der Waals surface area contributed by atoms with Gasteiger partial charge in [0.1, 0.15) is 6.10 Å². The third-order valence-corrected chi connectivity index (χ3v) is 3.22. The van der Waals surface area contributed by atoms with Crippen LogP contribution in [0.15, 0.2) is 0 Å². The van der Waals surface area contributed by atoms with Crippen LogP contribution in [-0.4, -0.2) is 42.9 Å². The molecule has 1 heterocycles. The lowest BCUT2D eigenvalue weighted by atomic mass is 10.0. The van der Waals surface area contributed by atoms with Crippen molar-refractivity contribution in [3.63, 3.8) is 0 Å². The molecule has 0 aliphatic carbocycles. The highest BCUT2D eigenvalue weighted by atomic mass is 16.7. The smallest absolute Gasteiger partial charge is 0.183 e. The summed E-state index contributed by atoms with van der Waals surface area (Å²) in [5.41, 5.74) is 0. The second-order valence-corrected chi connectivity index (χ2v) is 5.02.